The first-order valence-corrected chi connectivity index (χ1v) is 6.88. The number of anilines is 1. The van der Waals surface area contributed by atoms with Crippen LogP contribution in [-0.4, -0.2) is 4.98 Å². The second kappa shape index (κ2) is 5.99. The van der Waals surface area contributed by atoms with Crippen molar-refractivity contribution in [3.05, 3.63) is 65.2 Å². The fourth-order valence-corrected chi connectivity index (χ4v) is 2.21. The number of para-hydroxylation sites is 1. The molecule has 0 saturated heterocycles. The number of aromatic nitrogens is 1. The van der Waals surface area contributed by atoms with Gasteiger partial charge in [0.25, 0.3) is 0 Å². The van der Waals surface area contributed by atoms with Gasteiger partial charge in [-0.15, -0.1) is 0 Å². The van der Waals surface area contributed by atoms with Crippen molar-refractivity contribution >= 4 is 28.3 Å². The second-order valence-corrected chi connectivity index (χ2v) is 5.01. The number of halogens is 1. The number of nitrogens with two attached hydrogens (primary N) is 1. The van der Waals surface area contributed by atoms with Crippen LogP contribution in [0.4, 0.5) is 5.82 Å². The first-order chi connectivity index (χ1) is 10.3. The van der Waals surface area contributed by atoms with E-state index in [2.05, 4.69) is 10.4 Å². The van der Waals surface area contributed by atoms with Gasteiger partial charge in [-0.2, -0.15) is 0 Å². The summed E-state index contributed by atoms with van der Waals surface area (Å²) in [5.74, 6) is 6.90. The van der Waals surface area contributed by atoms with Crippen molar-refractivity contribution in [3.63, 3.8) is 0 Å². The zero-order valence-electron chi connectivity index (χ0n) is 11.2. The van der Waals surface area contributed by atoms with Crippen molar-refractivity contribution in [2.75, 3.05) is 5.43 Å². The average Bonchev–Trinajstić information content (AvgIpc) is 2.53. The molecule has 2 aromatic carbocycles. The SMILES string of the molecule is NNc1nc2ccccc2cc1COc1ccc(Cl)cc1. The Morgan fingerprint density at radius 2 is 1.86 bits per heavy atom. The van der Waals surface area contributed by atoms with E-state index in [4.69, 9.17) is 22.2 Å². The summed E-state index contributed by atoms with van der Waals surface area (Å²) in [6.45, 7) is 0.374. The van der Waals surface area contributed by atoms with Gasteiger partial charge < -0.3 is 10.2 Å². The maximum atomic E-state index is 5.85. The standard InChI is InChI=1S/C16H14ClN3O/c17-13-5-7-14(8-6-13)21-10-12-9-11-3-1-2-4-15(11)19-16(12)20-18/h1-9H,10,18H2,(H,19,20). The van der Waals surface area contributed by atoms with Gasteiger partial charge in [0.2, 0.25) is 0 Å². The Kier molecular flexibility index (Phi) is 3.90. The van der Waals surface area contributed by atoms with E-state index in [1.165, 1.54) is 0 Å². The average molecular weight is 300 g/mol. The van der Waals surface area contributed by atoms with Gasteiger partial charge in [0.15, 0.2) is 0 Å². The smallest absolute Gasteiger partial charge is 0.147 e. The highest BCUT2D eigenvalue weighted by Gasteiger charge is 2.07. The van der Waals surface area contributed by atoms with Gasteiger partial charge in [-0.1, -0.05) is 29.8 Å². The first-order valence-electron chi connectivity index (χ1n) is 6.50. The quantitative estimate of drug-likeness (QED) is 0.569. The Morgan fingerprint density at radius 3 is 2.62 bits per heavy atom. The lowest BCUT2D eigenvalue weighted by atomic mass is 10.1. The molecule has 3 aromatic rings. The summed E-state index contributed by atoms with van der Waals surface area (Å²) in [6, 6.07) is 17.1. The number of pyridine rings is 1. The van der Waals surface area contributed by atoms with Crippen LogP contribution in [0.15, 0.2) is 54.6 Å². The number of fused-ring (bicyclic) bond motifs is 1. The van der Waals surface area contributed by atoms with Crippen molar-refractivity contribution < 1.29 is 4.74 Å². The van der Waals surface area contributed by atoms with E-state index in [1.807, 2.05) is 42.5 Å². The lowest BCUT2D eigenvalue weighted by Gasteiger charge is -2.11. The van der Waals surface area contributed by atoms with E-state index in [0.29, 0.717) is 17.4 Å². The second-order valence-electron chi connectivity index (χ2n) is 4.58. The molecular formula is C16H14ClN3O. The molecule has 0 saturated carbocycles. The van der Waals surface area contributed by atoms with E-state index in [-0.39, 0.29) is 0 Å². The van der Waals surface area contributed by atoms with E-state index < -0.39 is 0 Å². The molecule has 0 spiro atoms. The molecule has 21 heavy (non-hydrogen) atoms. The molecule has 0 aliphatic heterocycles. The predicted molar refractivity (Wildman–Crippen MR) is 85.3 cm³/mol. The number of hydrazine groups is 1. The third-order valence-electron chi connectivity index (χ3n) is 3.15. The minimum Gasteiger partial charge on any atom is -0.489 e. The van der Waals surface area contributed by atoms with Gasteiger partial charge in [0.1, 0.15) is 18.2 Å². The molecule has 0 amide bonds. The zero-order chi connectivity index (χ0) is 14.7. The Morgan fingerprint density at radius 1 is 1.10 bits per heavy atom. The molecule has 3 N–H and O–H groups in total. The van der Waals surface area contributed by atoms with E-state index in [9.17, 15) is 0 Å². The summed E-state index contributed by atoms with van der Waals surface area (Å²) in [4.78, 5) is 4.48. The highest BCUT2D eigenvalue weighted by Crippen LogP contribution is 2.22. The zero-order valence-corrected chi connectivity index (χ0v) is 12.0. The molecular weight excluding hydrogens is 286 g/mol. The van der Waals surface area contributed by atoms with Gasteiger partial charge in [-0.05, 0) is 36.4 Å². The maximum absolute atomic E-state index is 5.85. The maximum Gasteiger partial charge on any atom is 0.147 e. The van der Waals surface area contributed by atoms with Crippen LogP contribution in [0.3, 0.4) is 0 Å². The Bertz CT molecular complexity index is 759. The normalized spacial score (nSPS) is 10.6. The molecule has 5 heteroatoms. The summed E-state index contributed by atoms with van der Waals surface area (Å²) in [6.07, 6.45) is 0. The molecule has 4 nitrogen and oxygen atoms in total. The lowest BCUT2D eigenvalue weighted by Crippen LogP contribution is -2.12. The van der Waals surface area contributed by atoms with Gasteiger partial charge >= 0.3 is 0 Å². The third kappa shape index (κ3) is 3.07. The Balaban J connectivity index is 1.86. The number of hydrogen-bond donors (Lipinski definition) is 2. The molecule has 0 fully saturated rings. The van der Waals surface area contributed by atoms with Gasteiger partial charge in [-0.3, -0.25) is 0 Å². The number of ether oxygens (including phenoxy) is 1. The van der Waals surface area contributed by atoms with Crippen molar-refractivity contribution in [3.8, 4) is 5.75 Å². The predicted octanol–water partition coefficient (Wildman–Crippen LogP) is 3.75. The van der Waals surface area contributed by atoms with Crippen LogP contribution in [0, 0.1) is 0 Å². The van der Waals surface area contributed by atoms with E-state index in [0.717, 1.165) is 22.2 Å². The Hall–Kier alpha value is -2.30. The fraction of sp³-hybridized carbons (Fsp3) is 0.0625. The van der Waals surface area contributed by atoms with Crippen LogP contribution in [-0.2, 0) is 6.61 Å². The summed E-state index contributed by atoms with van der Waals surface area (Å²) < 4.78 is 5.74. The molecule has 0 unspecified atom stereocenters. The van der Waals surface area contributed by atoms with Crippen LogP contribution >= 0.6 is 11.6 Å². The van der Waals surface area contributed by atoms with Crippen LogP contribution < -0.4 is 16.0 Å². The van der Waals surface area contributed by atoms with Gasteiger partial charge in [0, 0.05) is 16.0 Å². The molecule has 0 aliphatic carbocycles. The highest BCUT2D eigenvalue weighted by molar-refractivity contribution is 6.30. The largest absolute Gasteiger partial charge is 0.489 e. The molecule has 1 aromatic heterocycles. The van der Waals surface area contributed by atoms with E-state index >= 15 is 0 Å². The molecule has 0 radical (unpaired) electrons. The van der Waals surface area contributed by atoms with Crippen molar-refractivity contribution in [2.24, 2.45) is 5.84 Å². The summed E-state index contributed by atoms with van der Waals surface area (Å²) >= 11 is 5.85. The molecule has 1 heterocycles. The van der Waals surface area contributed by atoms with Crippen LogP contribution in [0.2, 0.25) is 5.02 Å². The summed E-state index contributed by atoms with van der Waals surface area (Å²) in [7, 11) is 0. The molecule has 0 aliphatic rings. The fourth-order valence-electron chi connectivity index (χ4n) is 2.09. The molecule has 0 atom stereocenters. The monoisotopic (exact) mass is 299 g/mol. The number of hydrogen-bond acceptors (Lipinski definition) is 4. The van der Waals surface area contributed by atoms with E-state index in [1.54, 1.807) is 12.1 Å². The van der Waals surface area contributed by atoms with Crippen molar-refractivity contribution in [1.29, 1.82) is 0 Å². The number of nitrogen functional groups attached to an aromatic ring is 1. The van der Waals surface area contributed by atoms with Crippen LogP contribution in [0.1, 0.15) is 5.56 Å². The minimum absolute atomic E-state index is 0.374. The topological polar surface area (TPSA) is 60.2 Å². The molecule has 3 rings (SSSR count). The lowest BCUT2D eigenvalue weighted by molar-refractivity contribution is 0.306. The third-order valence-corrected chi connectivity index (χ3v) is 3.40. The first kappa shape index (κ1) is 13.7. The highest BCUT2D eigenvalue weighted by atomic mass is 35.5. The number of nitrogens with zero attached hydrogens (tertiary/aromatic N) is 1. The number of rotatable bonds is 4. The minimum atomic E-state index is 0.374. The Labute approximate surface area is 127 Å². The summed E-state index contributed by atoms with van der Waals surface area (Å²) in [5, 5.41) is 1.73. The molecule has 0 bridgehead atoms. The van der Waals surface area contributed by atoms with Crippen LogP contribution in [0.25, 0.3) is 10.9 Å². The van der Waals surface area contributed by atoms with Crippen LogP contribution in [0.5, 0.6) is 5.75 Å². The molecule has 106 valence electrons. The van der Waals surface area contributed by atoms with Gasteiger partial charge in [0.05, 0.1) is 5.52 Å². The van der Waals surface area contributed by atoms with Crippen molar-refractivity contribution in [1.82, 2.24) is 4.98 Å². The number of nitrogens with one attached hydrogen (secondary N) is 1. The van der Waals surface area contributed by atoms with Crippen molar-refractivity contribution in [2.45, 2.75) is 6.61 Å². The number of benzene rings is 2. The van der Waals surface area contributed by atoms with Gasteiger partial charge in [-0.25, -0.2) is 10.8 Å². The summed E-state index contributed by atoms with van der Waals surface area (Å²) in [5.41, 5.74) is 4.40.